The van der Waals surface area contributed by atoms with Gasteiger partial charge in [0.05, 0.1) is 25.8 Å². The lowest BCUT2D eigenvalue weighted by Gasteiger charge is -2.20. The van der Waals surface area contributed by atoms with Crippen LogP contribution in [0.1, 0.15) is 35.7 Å². The van der Waals surface area contributed by atoms with E-state index in [2.05, 4.69) is 15.4 Å². The minimum Gasteiger partial charge on any atom is -0.497 e. The Morgan fingerprint density at radius 2 is 2.14 bits per heavy atom. The molecule has 8 nitrogen and oxygen atoms in total. The van der Waals surface area contributed by atoms with Gasteiger partial charge in [0, 0.05) is 37.0 Å². The van der Waals surface area contributed by atoms with Crippen LogP contribution in [0.25, 0.3) is 5.65 Å². The molecule has 29 heavy (non-hydrogen) atoms. The van der Waals surface area contributed by atoms with E-state index in [1.165, 1.54) is 10.6 Å². The standard InChI is InChI=1S/C21H24N4O4/c1-28-17-4-2-3-14(9-17)10-20(26)22-13-16-11-21(27)25-19(23-16)12-18(24-25)15-5-7-29-8-6-15/h2-4,9,11-12,15,24H,5-8,10,13H2,1H3,(H,22,26). The maximum Gasteiger partial charge on any atom is 0.272 e. The molecule has 3 heterocycles. The summed E-state index contributed by atoms with van der Waals surface area (Å²) < 4.78 is 12.0. The number of carbonyl (C=O) groups excluding carboxylic acids is 1. The predicted octanol–water partition coefficient (Wildman–Crippen LogP) is 1.78. The van der Waals surface area contributed by atoms with Crippen molar-refractivity contribution in [3.63, 3.8) is 0 Å². The molecule has 0 unspecified atom stereocenters. The van der Waals surface area contributed by atoms with Crippen LogP contribution in [0.15, 0.2) is 41.2 Å². The lowest BCUT2D eigenvalue weighted by Crippen LogP contribution is -2.26. The van der Waals surface area contributed by atoms with Gasteiger partial charge in [0.2, 0.25) is 5.91 Å². The Labute approximate surface area is 167 Å². The lowest BCUT2D eigenvalue weighted by atomic mass is 9.97. The van der Waals surface area contributed by atoms with E-state index in [-0.39, 0.29) is 24.4 Å². The summed E-state index contributed by atoms with van der Waals surface area (Å²) in [6.07, 6.45) is 2.08. The number of H-pyrrole nitrogens is 1. The number of hydrogen-bond donors (Lipinski definition) is 2. The summed E-state index contributed by atoms with van der Waals surface area (Å²) in [6.45, 7) is 1.66. The molecule has 1 saturated heterocycles. The predicted molar refractivity (Wildman–Crippen MR) is 107 cm³/mol. The Hall–Kier alpha value is -3.13. The monoisotopic (exact) mass is 396 g/mol. The van der Waals surface area contributed by atoms with Crippen molar-refractivity contribution in [3.05, 3.63) is 63.7 Å². The molecular weight excluding hydrogens is 372 g/mol. The zero-order chi connectivity index (χ0) is 20.2. The van der Waals surface area contributed by atoms with Crippen LogP contribution in [0.4, 0.5) is 0 Å². The fourth-order valence-corrected chi connectivity index (χ4v) is 3.59. The minimum absolute atomic E-state index is 0.141. The molecule has 1 aromatic carbocycles. The van der Waals surface area contributed by atoms with Gasteiger partial charge in [-0.05, 0) is 30.5 Å². The number of nitrogens with one attached hydrogen (secondary N) is 2. The van der Waals surface area contributed by atoms with Gasteiger partial charge in [-0.2, -0.15) is 0 Å². The number of aromatic amines is 1. The van der Waals surface area contributed by atoms with Crippen molar-refractivity contribution >= 4 is 11.6 Å². The molecular formula is C21H24N4O4. The van der Waals surface area contributed by atoms with Crippen LogP contribution in [-0.2, 0) is 22.5 Å². The molecule has 0 bridgehead atoms. The second-order valence-electron chi connectivity index (χ2n) is 7.18. The van der Waals surface area contributed by atoms with Crippen molar-refractivity contribution < 1.29 is 14.3 Å². The molecule has 2 N–H and O–H groups in total. The largest absolute Gasteiger partial charge is 0.497 e. The van der Waals surface area contributed by atoms with Gasteiger partial charge in [0.15, 0.2) is 5.65 Å². The SMILES string of the molecule is COc1cccc(CC(=O)NCc2cc(=O)n3[nH]c(C4CCOCC4)cc3n2)c1. The highest BCUT2D eigenvalue weighted by atomic mass is 16.5. The molecule has 2 aromatic heterocycles. The number of rotatable bonds is 6. The van der Waals surface area contributed by atoms with Gasteiger partial charge in [-0.15, -0.1) is 0 Å². The summed E-state index contributed by atoms with van der Waals surface area (Å²) in [6, 6.07) is 10.7. The molecule has 0 radical (unpaired) electrons. The first-order valence-corrected chi connectivity index (χ1v) is 9.71. The molecule has 4 rings (SSSR count). The number of hydrogen-bond acceptors (Lipinski definition) is 5. The summed E-state index contributed by atoms with van der Waals surface area (Å²) in [5, 5.41) is 5.99. The Morgan fingerprint density at radius 1 is 1.31 bits per heavy atom. The molecule has 0 atom stereocenters. The highest BCUT2D eigenvalue weighted by molar-refractivity contribution is 5.78. The quantitative estimate of drug-likeness (QED) is 0.662. The molecule has 3 aromatic rings. The fraction of sp³-hybridized carbons (Fsp3) is 0.381. The number of benzene rings is 1. The Bertz CT molecular complexity index is 1070. The third kappa shape index (κ3) is 4.48. The van der Waals surface area contributed by atoms with Crippen molar-refractivity contribution in [2.45, 2.75) is 31.7 Å². The van der Waals surface area contributed by atoms with E-state index in [0.29, 0.717) is 23.0 Å². The van der Waals surface area contributed by atoms with Crippen LogP contribution in [0.5, 0.6) is 5.75 Å². The average Bonchev–Trinajstić information content (AvgIpc) is 3.18. The van der Waals surface area contributed by atoms with E-state index in [1.807, 2.05) is 30.3 Å². The molecule has 1 aliphatic rings. The summed E-state index contributed by atoms with van der Waals surface area (Å²) in [5.41, 5.74) is 2.77. The molecule has 0 saturated carbocycles. The number of nitrogens with zero attached hydrogens (tertiary/aromatic N) is 2. The third-order valence-electron chi connectivity index (χ3n) is 5.15. The molecule has 0 aliphatic carbocycles. The maximum atomic E-state index is 12.4. The van der Waals surface area contributed by atoms with Crippen LogP contribution in [-0.4, -0.2) is 40.8 Å². The first-order valence-electron chi connectivity index (χ1n) is 9.71. The van der Waals surface area contributed by atoms with E-state index in [9.17, 15) is 9.59 Å². The number of methoxy groups -OCH3 is 1. The molecule has 0 spiro atoms. The number of ether oxygens (including phenoxy) is 2. The zero-order valence-electron chi connectivity index (χ0n) is 16.3. The Balaban J connectivity index is 1.43. The highest BCUT2D eigenvalue weighted by Crippen LogP contribution is 2.25. The van der Waals surface area contributed by atoms with E-state index in [0.717, 1.165) is 37.3 Å². The Morgan fingerprint density at radius 3 is 2.93 bits per heavy atom. The van der Waals surface area contributed by atoms with Gasteiger partial charge in [-0.1, -0.05) is 12.1 Å². The lowest BCUT2D eigenvalue weighted by molar-refractivity contribution is -0.120. The van der Waals surface area contributed by atoms with Gasteiger partial charge in [-0.25, -0.2) is 9.50 Å². The number of amides is 1. The van der Waals surface area contributed by atoms with Crippen molar-refractivity contribution in [2.24, 2.45) is 0 Å². The molecule has 1 amide bonds. The minimum atomic E-state index is -0.189. The van der Waals surface area contributed by atoms with Gasteiger partial charge < -0.3 is 14.8 Å². The summed E-state index contributed by atoms with van der Waals surface area (Å²) >= 11 is 0. The van der Waals surface area contributed by atoms with Crippen molar-refractivity contribution in [1.82, 2.24) is 19.9 Å². The van der Waals surface area contributed by atoms with Crippen LogP contribution in [0, 0.1) is 0 Å². The molecule has 1 fully saturated rings. The second-order valence-corrected chi connectivity index (χ2v) is 7.18. The van der Waals surface area contributed by atoms with E-state index in [1.54, 1.807) is 7.11 Å². The molecule has 8 heteroatoms. The summed E-state index contributed by atoms with van der Waals surface area (Å²) in [4.78, 5) is 29.2. The van der Waals surface area contributed by atoms with Gasteiger partial charge >= 0.3 is 0 Å². The van der Waals surface area contributed by atoms with Gasteiger partial charge in [-0.3, -0.25) is 14.7 Å². The van der Waals surface area contributed by atoms with Gasteiger partial charge in [0.25, 0.3) is 5.56 Å². The van der Waals surface area contributed by atoms with E-state index < -0.39 is 0 Å². The van der Waals surface area contributed by atoms with E-state index in [4.69, 9.17) is 9.47 Å². The van der Waals surface area contributed by atoms with Crippen molar-refractivity contribution in [1.29, 1.82) is 0 Å². The number of carbonyl (C=O) groups is 1. The van der Waals surface area contributed by atoms with Crippen molar-refractivity contribution in [3.8, 4) is 5.75 Å². The van der Waals surface area contributed by atoms with E-state index >= 15 is 0 Å². The second kappa shape index (κ2) is 8.48. The van der Waals surface area contributed by atoms with Crippen LogP contribution in [0.2, 0.25) is 0 Å². The topological polar surface area (TPSA) is 97.7 Å². The average molecular weight is 396 g/mol. The smallest absolute Gasteiger partial charge is 0.272 e. The van der Waals surface area contributed by atoms with Gasteiger partial charge in [0.1, 0.15) is 5.75 Å². The third-order valence-corrected chi connectivity index (χ3v) is 5.15. The van der Waals surface area contributed by atoms with Crippen LogP contribution < -0.4 is 15.6 Å². The zero-order valence-corrected chi connectivity index (χ0v) is 16.3. The number of fused-ring (bicyclic) bond motifs is 1. The summed E-state index contributed by atoms with van der Waals surface area (Å²) in [5.74, 6) is 0.913. The Kier molecular flexibility index (Phi) is 5.62. The molecule has 1 aliphatic heterocycles. The van der Waals surface area contributed by atoms with Crippen molar-refractivity contribution in [2.75, 3.05) is 20.3 Å². The van der Waals surface area contributed by atoms with Crippen LogP contribution >= 0.6 is 0 Å². The first-order chi connectivity index (χ1) is 14.1. The number of aromatic nitrogens is 3. The normalized spacial score (nSPS) is 14.8. The highest BCUT2D eigenvalue weighted by Gasteiger charge is 2.19. The molecule has 152 valence electrons. The first kappa shape index (κ1) is 19.2. The fourth-order valence-electron chi connectivity index (χ4n) is 3.59. The van der Waals surface area contributed by atoms with Crippen LogP contribution in [0.3, 0.4) is 0 Å². The summed E-state index contributed by atoms with van der Waals surface area (Å²) in [7, 11) is 1.59. The maximum absolute atomic E-state index is 12.4.